The molecule has 2 heterocycles. The highest BCUT2D eigenvalue weighted by Gasteiger charge is 2.29. The molecular weight excluding hydrogens is 245 g/mol. The molecule has 2 aromatic rings. The fourth-order valence-corrected chi connectivity index (χ4v) is 3.02. The molecule has 0 bridgehead atoms. The number of hydrogen-bond acceptors (Lipinski definition) is 2. The van der Waals surface area contributed by atoms with Crippen LogP contribution in [0.15, 0.2) is 41.8 Å². The summed E-state index contributed by atoms with van der Waals surface area (Å²) in [5.41, 5.74) is 0.361. The maximum atomic E-state index is 14.4. The van der Waals surface area contributed by atoms with E-state index >= 15 is 0 Å². The van der Waals surface area contributed by atoms with E-state index in [2.05, 4.69) is 11.4 Å². The molecule has 0 aliphatic carbocycles. The Morgan fingerprint density at radius 1 is 1.06 bits per heavy atom. The van der Waals surface area contributed by atoms with Crippen molar-refractivity contribution in [2.75, 3.05) is 0 Å². The molecule has 1 N–H and O–H groups in total. The van der Waals surface area contributed by atoms with Gasteiger partial charge >= 0.3 is 0 Å². The van der Waals surface area contributed by atoms with Gasteiger partial charge in [-0.25, -0.2) is 4.39 Å². The highest BCUT2D eigenvalue weighted by atomic mass is 32.1. The Labute approximate surface area is 109 Å². The van der Waals surface area contributed by atoms with Crippen LogP contribution >= 0.6 is 11.3 Å². The highest BCUT2D eigenvalue weighted by molar-refractivity contribution is 7.11. The van der Waals surface area contributed by atoms with Crippen LogP contribution in [0.3, 0.4) is 0 Å². The van der Waals surface area contributed by atoms with Gasteiger partial charge < -0.3 is 5.32 Å². The monoisotopic (exact) mass is 259 g/mol. The van der Waals surface area contributed by atoms with Crippen molar-refractivity contribution >= 4 is 22.9 Å². The Hall–Kier alpha value is -1.61. The molecule has 0 fully saturated rings. The molecule has 1 aromatic carbocycles. The Balaban J connectivity index is 2.44. The van der Waals surface area contributed by atoms with Gasteiger partial charge in [-0.1, -0.05) is 30.3 Å². The van der Waals surface area contributed by atoms with E-state index in [0.29, 0.717) is 5.22 Å². The predicted molar refractivity (Wildman–Crippen MR) is 74.3 cm³/mol. The Morgan fingerprint density at radius 2 is 1.78 bits per heavy atom. The average molecular weight is 259 g/mol. The number of nitrogens with one attached hydrogen (secondary N) is 1. The van der Waals surface area contributed by atoms with E-state index < -0.39 is 5.54 Å². The summed E-state index contributed by atoms with van der Waals surface area (Å²) < 4.78 is 14.4. The van der Waals surface area contributed by atoms with E-state index in [4.69, 9.17) is 0 Å². The molecule has 0 spiro atoms. The van der Waals surface area contributed by atoms with Gasteiger partial charge in [-0.2, -0.15) is 0 Å². The summed E-state index contributed by atoms with van der Waals surface area (Å²) in [5, 5.41) is 6.99. The lowest BCUT2D eigenvalue weighted by Crippen LogP contribution is -2.50. The van der Waals surface area contributed by atoms with Gasteiger partial charge in [0.05, 0.1) is 16.1 Å². The highest BCUT2D eigenvalue weighted by Crippen LogP contribution is 2.25. The number of halogens is 1. The van der Waals surface area contributed by atoms with Crippen LogP contribution < -0.4 is 15.8 Å². The molecule has 0 radical (unpaired) electrons. The van der Waals surface area contributed by atoms with Crippen molar-refractivity contribution in [1.82, 2.24) is 5.32 Å². The Morgan fingerprint density at radius 3 is 2.44 bits per heavy atom. The second-order valence-electron chi connectivity index (χ2n) is 4.96. The van der Waals surface area contributed by atoms with Gasteiger partial charge in [0.15, 0.2) is 0 Å². The van der Waals surface area contributed by atoms with Crippen molar-refractivity contribution in [2.45, 2.75) is 19.4 Å². The predicted octanol–water partition coefficient (Wildman–Crippen LogP) is 2.36. The fourth-order valence-electron chi connectivity index (χ4n) is 2.28. The number of rotatable bonds is 1. The first-order valence-electron chi connectivity index (χ1n) is 5.91. The summed E-state index contributed by atoms with van der Waals surface area (Å²) in [7, 11) is 0. The first-order valence-corrected chi connectivity index (χ1v) is 6.79. The number of thiophene rings is 1. The SMILES string of the molecule is CC1(C)NC(c2cccs2)=c2ccccc2=C1F. The van der Waals surface area contributed by atoms with E-state index in [0.717, 1.165) is 15.8 Å². The largest absolute Gasteiger partial charge is 0.372 e. The third-order valence-electron chi connectivity index (χ3n) is 3.19. The molecule has 0 amide bonds. The lowest BCUT2D eigenvalue weighted by Gasteiger charge is -2.30. The zero-order valence-electron chi connectivity index (χ0n) is 10.3. The minimum Gasteiger partial charge on any atom is -0.372 e. The lowest BCUT2D eigenvalue weighted by atomic mass is 9.95. The molecule has 3 rings (SSSR count). The summed E-state index contributed by atoms with van der Waals surface area (Å²) in [6.07, 6.45) is 0. The molecule has 0 saturated heterocycles. The second-order valence-corrected chi connectivity index (χ2v) is 5.91. The van der Waals surface area contributed by atoms with Crippen LogP contribution in [0, 0.1) is 0 Å². The molecule has 1 nitrogen and oxygen atoms in total. The third kappa shape index (κ3) is 1.66. The topological polar surface area (TPSA) is 12.0 Å². The molecule has 0 saturated carbocycles. The van der Waals surface area contributed by atoms with Gasteiger partial charge in [0.25, 0.3) is 0 Å². The van der Waals surface area contributed by atoms with Gasteiger partial charge in [-0.15, -0.1) is 11.3 Å². The van der Waals surface area contributed by atoms with Crippen LogP contribution in [-0.4, -0.2) is 5.54 Å². The van der Waals surface area contributed by atoms with Crippen LogP contribution in [0.1, 0.15) is 18.7 Å². The smallest absolute Gasteiger partial charge is 0.133 e. The third-order valence-corrected chi connectivity index (χ3v) is 4.07. The summed E-state index contributed by atoms with van der Waals surface area (Å²) in [4.78, 5) is 1.14. The van der Waals surface area contributed by atoms with E-state index in [1.165, 1.54) is 0 Å². The molecular formula is C15H14FNS. The number of benzene rings is 1. The zero-order valence-corrected chi connectivity index (χ0v) is 11.1. The molecule has 18 heavy (non-hydrogen) atoms. The van der Waals surface area contributed by atoms with Crippen molar-refractivity contribution in [2.24, 2.45) is 0 Å². The van der Waals surface area contributed by atoms with Crippen molar-refractivity contribution in [3.05, 3.63) is 57.1 Å². The number of fused-ring (bicyclic) bond motifs is 1. The van der Waals surface area contributed by atoms with Crippen LogP contribution in [0.25, 0.3) is 11.5 Å². The van der Waals surface area contributed by atoms with Crippen LogP contribution in [-0.2, 0) is 0 Å². The zero-order chi connectivity index (χ0) is 12.8. The molecule has 0 unspecified atom stereocenters. The Bertz CT molecular complexity index is 698. The second kappa shape index (κ2) is 3.95. The maximum Gasteiger partial charge on any atom is 0.133 e. The van der Waals surface area contributed by atoms with Gasteiger partial charge in [0, 0.05) is 10.4 Å². The van der Waals surface area contributed by atoms with Crippen molar-refractivity contribution in [1.29, 1.82) is 0 Å². The summed E-state index contributed by atoms with van der Waals surface area (Å²) in [6.45, 7) is 3.73. The van der Waals surface area contributed by atoms with Crippen molar-refractivity contribution < 1.29 is 4.39 Å². The molecule has 1 aliphatic heterocycles. The van der Waals surface area contributed by atoms with Crippen LogP contribution in [0.2, 0.25) is 0 Å². The van der Waals surface area contributed by atoms with Crippen molar-refractivity contribution in [3.8, 4) is 0 Å². The van der Waals surface area contributed by atoms with E-state index in [9.17, 15) is 4.39 Å². The van der Waals surface area contributed by atoms with Gasteiger partial charge in [0.2, 0.25) is 0 Å². The Kier molecular flexibility index (Phi) is 2.52. The van der Waals surface area contributed by atoms with Crippen LogP contribution in [0.4, 0.5) is 4.39 Å². The van der Waals surface area contributed by atoms with E-state index in [-0.39, 0.29) is 5.83 Å². The average Bonchev–Trinajstić information content (AvgIpc) is 2.88. The van der Waals surface area contributed by atoms with Crippen LogP contribution in [0.5, 0.6) is 0 Å². The summed E-state index contributed by atoms with van der Waals surface area (Å²) in [6, 6.07) is 11.7. The van der Waals surface area contributed by atoms with Gasteiger partial charge in [-0.05, 0) is 25.3 Å². The summed E-state index contributed by atoms with van der Waals surface area (Å²) >= 11 is 1.66. The van der Waals surface area contributed by atoms with E-state index in [1.807, 2.05) is 49.6 Å². The van der Waals surface area contributed by atoms with E-state index in [1.54, 1.807) is 11.3 Å². The molecule has 1 aliphatic rings. The first kappa shape index (κ1) is 11.5. The molecule has 0 atom stereocenters. The van der Waals surface area contributed by atoms with Crippen molar-refractivity contribution in [3.63, 3.8) is 0 Å². The number of hydrogen-bond donors (Lipinski definition) is 1. The minimum absolute atomic E-state index is 0.0987. The molecule has 1 aromatic heterocycles. The first-order chi connectivity index (χ1) is 8.59. The van der Waals surface area contributed by atoms with Gasteiger partial charge in [-0.3, -0.25) is 0 Å². The lowest BCUT2D eigenvalue weighted by molar-refractivity contribution is 0.487. The standard InChI is InChI=1S/C15H14FNS/c1-15(2)14(16)11-7-4-3-6-10(11)13(17-15)12-8-5-9-18-12/h3-9,17H,1-2H3. The quantitative estimate of drug-likeness (QED) is 0.829. The molecule has 92 valence electrons. The van der Waals surface area contributed by atoms with Gasteiger partial charge in [0.1, 0.15) is 5.83 Å². The minimum atomic E-state index is -0.659. The normalized spacial score (nSPS) is 17.3. The maximum absolute atomic E-state index is 14.4. The molecule has 3 heteroatoms. The summed E-state index contributed by atoms with van der Waals surface area (Å²) in [5.74, 6) is -0.0987. The fraction of sp³-hybridized carbons (Fsp3) is 0.200.